The molecule has 0 spiro atoms. The zero-order chi connectivity index (χ0) is 15.2. The largest absolute Gasteiger partial charge is 0.385 e. The molecule has 0 aliphatic rings. The van der Waals surface area contributed by atoms with Crippen LogP contribution in [-0.4, -0.2) is 41.4 Å². The van der Waals surface area contributed by atoms with Gasteiger partial charge < -0.3 is 15.8 Å². The molecule has 0 aromatic carbocycles. The molecule has 1 unspecified atom stereocenters. The van der Waals surface area contributed by atoms with Crippen molar-refractivity contribution in [3.8, 4) is 0 Å². The number of thiophene rings is 1. The minimum Gasteiger partial charge on any atom is -0.385 e. The highest BCUT2D eigenvalue weighted by Crippen LogP contribution is 2.28. The smallest absolute Gasteiger partial charge is 0.233 e. The van der Waals surface area contributed by atoms with Gasteiger partial charge >= 0.3 is 0 Å². The number of ether oxygens (including phenoxy) is 1. The Morgan fingerprint density at radius 3 is 3.14 bits per heavy atom. The second kappa shape index (κ2) is 7.58. The van der Waals surface area contributed by atoms with Gasteiger partial charge in [0.15, 0.2) is 5.16 Å². The third kappa shape index (κ3) is 4.29. The van der Waals surface area contributed by atoms with Gasteiger partial charge in [-0.25, -0.2) is 9.97 Å². The van der Waals surface area contributed by atoms with Crippen molar-refractivity contribution in [2.45, 2.75) is 23.8 Å². The van der Waals surface area contributed by atoms with Crippen LogP contribution in [0.5, 0.6) is 0 Å². The summed E-state index contributed by atoms with van der Waals surface area (Å²) in [7, 11) is 1.64. The van der Waals surface area contributed by atoms with Crippen molar-refractivity contribution in [1.82, 2.24) is 15.3 Å². The number of methoxy groups -OCH3 is 1. The molecule has 0 bridgehead atoms. The number of anilines is 1. The summed E-state index contributed by atoms with van der Waals surface area (Å²) in [5, 5.41) is 5.90. The molecule has 21 heavy (non-hydrogen) atoms. The minimum atomic E-state index is -0.274. The number of thioether (sulfide) groups is 1. The van der Waals surface area contributed by atoms with Crippen molar-refractivity contribution in [3.63, 3.8) is 0 Å². The molecule has 2 rings (SSSR count). The number of carbonyl (C=O) groups excluding carboxylic acids is 1. The van der Waals surface area contributed by atoms with E-state index in [1.54, 1.807) is 7.11 Å². The van der Waals surface area contributed by atoms with E-state index in [2.05, 4.69) is 15.3 Å². The predicted octanol–water partition coefficient (Wildman–Crippen LogP) is 1.91. The number of fused-ring (bicyclic) bond motifs is 1. The quantitative estimate of drug-likeness (QED) is 0.459. The Labute approximate surface area is 131 Å². The zero-order valence-electron chi connectivity index (χ0n) is 12.0. The number of carbonyl (C=O) groups is 1. The molecular weight excluding hydrogens is 308 g/mol. The fourth-order valence-corrected chi connectivity index (χ4v) is 3.33. The number of nitrogens with zero attached hydrogens (tertiary/aromatic N) is 2. The van der Waals surface area contributed by atoms with Gasteiger partial charge in [-0.15, -0.1) is 11.3 Å². The van der Waals surface area contributed by atoms with E-state index in [4.69, 9.17) is 10.5 Å². The van der Waals surface area contributed by atoms with Crippen molar-refractivity contribution in [1.29, 1.82) is 0 Å². The maximum absolute atomic E-state index is 12.0. The Balaban J connectivity index is 1.94. The lowest BCUT2D eigenvalue weighted by Crippen LogP contribution is -2.32. The van der Waals surface area contributed by atoms with E-state index < -0.39 is 0 Å². The number of nitrogens with one attached hydrogen (secondary N) is 1. The van der Waals surface area contributed by atoms with Crippen LogP contribution in [0.15, 0.2) is 16.6 Å². The van der Waals surface area contributed by atoms with Gasteiger partial charge in [0.25, 0.3) is 0 Å². The Morgan fingerprint density at radius 1 is 1.57 bits per heavy atom. The molecule has 0 fully saturated rings. The van der Waals surface area contributed by atoms with Gasteiger partial charge in [-0.2, -0.15) is 0 Å². The maximum atomic E-state index is 12.0. The second-order valence-corrected chi connectivity index (χ2v) is 6.63. The van der Waals surface area contributed by atoms with Crippen molar-refractivity contribution in [2.75, 3.05) is 26.0 Å². The average Bonchev–Trinajstić information content (AvgIpc) is 2.92. The molecule has 0 saturated carbocycles. The second-order valence-electron chi connectivity index (χ2n) is 4.43. The van der Waals surface area contributed by atoms with Crippen molar-refractivity contribution in [3.05, 3.63) is 11.4 Å². The van der Waals surface area contributed by atoms with Crippen LogP contribution >= 0.6 is 23.1 Å². The fourth-order valence-electron chi connectivity index (χ4n) is 1.69. The molecule has 1 amide bonds. The van der Waals surface area contributed by atoms with Gasteiger partial charge in [0, 0.05) is 20.3 Å². The van der Waals surface area contributed by atoms with Crippen LogP contribution in [0.25, 0.3) is 10.2 Å². The van der Waals surface area contributed by atoms with E-state index >= 15 is 0 Å². The van der Waals surface area contributed by atoms with Crippen molar-refractivity contribution < 1.29 is 9.53 Å². The molecule has 6 nitrogen and oxygen atoms in total. The standard InChI is InChI=1S/C13H18N4O2S2/c1-8(11(18)15-5-3-6-19-2)21-13-16-10(14)9-4-7-20-12(9)17-13/h4,7-8H,3,5-6H2,1-2H3,(H,15,18)(H2,14,16,17). The highest BCUT2D eigenvalue weighted by molar-refractivity contribution is 8.00. The molecule has 0 radical (unpaired) electrons. The fraction of sp³-hybridized carbons (Fsp3) is 0.462. The lowest BCUT2D eigenvalue weighted by atomic mass is 10.4. The first-order valence-electron chi connectivity index (χ1n) is 6.56. The van der Waals surface area contributed by atoms with Gasteiger partial charge in [-0.1, -0.05) is 11.8 Å². The Hall–Kier alpha value is -1.38. The summed E-state index contributed by atoms with van der Waals surface area (Å²) < 4.78 is 4.94. The van der Waals surface area contributed by atoms with Crippen LogP contribution in [0.1, 0.15) is 13.3 Å². The monoisotopic (exact) mass is 326 g/mol. The maximum Gasteiger partial charge on any atom is 0.233 e. The highest BCUT2D eigenvalue weighted by atomic mass is 32.2. The molecular formula is C13H18N4O2S2. The van der Waals surface area contributed by atoms with Crippen LogP contribution in [-0.2, 0) is 9.53 Å². The van der Waals surface area contributed by atoms with Crippen LogP contribution in [0, 0.1) is 0 Å². The number of hydrogen-bond donors (Lipinski definition) is 2. The van der Waals surface area contributed by atoms with E-state index in [1.807, 2.05) is 18.4 Å². The van der Waals surface area contributed by atoms with E-state index in [0.717, 1.165) is 16.6 Å². The minimum absolute atomic E-state index is 0.0375. The van der Waals surface area contributed by atoms with Gasteiger partial charge in [-0.05, 0) is 24.8 Å². The summed E-state index contributed by atoms with van der Waals surface area (Å²) in [6.07, 6.45) is 0.796. The van der Waals surface area contributed by atoms with E-state index in [0.29, 0.717) is 24.1 Å². The highest BCUT2D eigenvalue weighted by Gasteiger charge is 2.16. The number of amides is 1. The van der Waals surface area contributed by atoms with Gasteiger partial charge in [-0.3, -0.25) is 4.79 Å². The lowest BCUT2D eigenvalue weighted by Gasteiger charge is -2.11. The molecule has 2 aromatic heterocycles. The average molecular weight is 326 g/mol. The first-order chi connectivity index (χ1) is 10.1. The third-order valence-electron chi connectivity index (χ3n) is 2.81. The molecule has 0 saturated heterocycles. The number of nitrogens with two attached hydrogens (primary N) is 1. The lowest BCUT2D eigenvalue weighted by molar-refractivity contribution is -0.120. The molecule has 2 heterocycles. The first-order valence-corrected chi connectivity index (χ1v) is 8.31. The Bertz CT molecular complexity index is 617. The predicted molar refractivity (Wildman–Crippen MR) is 86.6 cm³/mol. The number of rotatable bonds is 7. The third-order valence-corrected chi connectivity index (χ3v) is 4.58. The van der Waals surface area contributed by atoms with Crippen LogP contribution in [0.2, 0.25) is 0 Å². The zero-order valence-corrected chi connectivity index (χ0v) is 13.6. The van der Waals surface area contributed by atoms with E-state index in [1.165, 1.54) is 23.1 Å². The summed E-state index contributed by atoms with van der Waals surface area (Å²) in [5.41, 5.74) is 5.89. The van der Waals surface area contributed by atoms with Crippen molar-refractivity contribution in [2.24, 2.45) is 0 Å². The topological polar surface area (TPSA) is 90.1 Å². The molecule has 0 aliphatic heterocycles. The normalized spacial score (nSPS) is 12.5. The first kappa shape index (κ1) is 16.0. The Kier molecular flexibility index (Phi) is 5.77. The molecule has 8 heteroatoms. The summed E-state index contributed by atoms with van der Waals surface area (Å²) in [6.45, 7) is 3.06. The summed E-state index contributed by atoms with van der Waals surface area (Å²) in [6, 6.07) is 1.90. The Morgan fingerprint density at radius 2 is 2.38 bits per heavy atom. The number of nitrogen functional groups attached to an aromatic ring is 1. The van der Waals surface area contributed by atoms with E-state index in [9.17, 15) is 4.79 Å². The summed E-state index contributed by atoms with van der Waals surface area (Å²) >= 11 is 2.82. The van der Waals surface area contributed by atoms with Gasteiger partial charge in [0.2, 0.25) is 5.91 Å². The number of aromatic nitrogens is 2. The van der Waals surface area contributed by atoms with Gasteiger partial charge in [0.1, 0.15) is 10.6 Å². The molecule has 3 N–H and O–H groups in total. The van der Waals surface area contributed by atoms with Crippen LogP contribution in [0.3, 0.4) is 0 Å². The summed E-state index contributed by atoms with van der Waals surface area (Å²) in [4.78, 5) is 21.5. The van der Waals surface area contributed by atoms with Gasteiger partial charge in [0.05, 0.1) is 10.6 Å². The van der Waals surface area contributed by atoms with Crippen molar-refractivity contribution >= 4 is 45.0 Å². The number of hydrogen-bond acceptors (Lipinski definition) is 7. The van der Waals surface area contributed by atoms with Crippen LogP contribution < -0.4 is 11.1 Å². The molecule has 1 atom stereocenters. The van der Waals surface area contributed by atoms with Crippen LogP contribution in [0.4, 0.5) is 5.82 Å². The van der Waals surface area contributed by atoms with E-state index in [-0.39, 0.29) is 11.2 Å². The SMILES string of the molecule is COCCCNC(=O)C(C)Sc1nc(N)c2ccsc2n1. The molecule has 2 aromatic rings. The summed E-state index contributed by atoms with van der Waals surface area (Å²) in [5.74, 6) is 0.418. The molecule has 114 valence electrons. The molecule has 0 aliphatic carbocycles.